The van der Waals surface area contributed by atoms with Crippen LogP contribution in [0, 0.1) is 0 Å². The van der Waals surface area contributed by atoms with Gasteiger partial charge in [-0.05, 0) is 26.0 Å². The Morgan fingerprint density at radius 3 is 2.68 bits per heavy atom. The van der Waals surface area contributed by atoms with Gasteiger partial charge >= 0.3 is 0 Å². The van der Waals surface area contributed by atoms with Crippen LogP contribution < -0.4 is 14.8 Å². The van der Waals surface area contributed by atoms with Crippen LogP contribution in [0.3, 0.4) is 0 Å². The van der Waals surface area contributed by atoms with Gasteiger partial charge in [-0.2, -0.15) is 0 Å². The van der Waals surface area contributed by atoms with E-state index >= 15 is 0 Å². The first-order valence-corrected chi connectivity index (χ1v) is 7.10. The summed E-state index contributed by atoms with van der Waals surface area (Å²) in [6, 6.07) is 8.43. The van der Waals surface area contributed by atoms with Crippen molar-refractivity contribution in [3.63, 3.8) is 0 Å². The van der Waals surface area contributed by atoms with Gasteiger partial charge in [0.2, 0.25) is 0 Å². The summed E-state index contributed by atoms with van der Waals surface area (Å²) < 4.78 is 11.4. The zero-order chi connectivity index (χ0) is 13.5. The molecule has 0 unspecified atom stereocenters. The van der Waals surface area contributed by atoms with Crippen LogP contribution in [0.1, 0.15) is 13.8 Å². The normalized spacial score (nSPS) is 20.2. The van der Waals surface area contributed by atoms with Crippen molar-refractivity contribution >= 4 is 0 Å². The Bertz CT molecular complexity index is 384. The summed E-state index contributed by atoms with van der Waals surface area (Å²) in [5.74, 6) is 1.67. The molecule has 0 aliphatic carbocycles. The first-order chi connectivity index (χ1) is 9.29. The number of benzene rings is 1. The molecule has 4 nitrogen and oxygen atoms in total. The molecule has 2 rings (SSSR count). The first kappa shape index (κ1) is 14.2. The average molecular weight is 264 g/mol. The lowest BCUT2D eigenvalue weighted by atomic mass is 10.2. The summed E-state index contributed by atoms with van der Waals surface area (Å²) in [5, 5.41) is 3.44. The topological polar surface area (TPSA) is 33.7 Å². The number of nitrogens with one attached hydrogen (secondary N) is 1. The third-order valence-electron chi connectivity index (χ3n) is 3.27. The summed E-state index contributed by atoms with van der Waals surface area (Å²) in [6.07, 6.45) is 0. The molecule has 4 heteroatoms. The van der Waals surface area contributed by atoms with E-state index in [-0.39, 0.29) is 0 Å². The van der Waals surface area contributed by atoms with Crippen molar-refractivity contribution in [3.05, 3.63) is 24.3 Å². The van der Waals surface area contributed by atoms with Gasteiger partial charge in [0.05, 0.1) is 6.61 Å². The lowest BCUT2D eigenvalue weighted by Crippen LogP contribution is -2.50. The fourth-order valence-corrected chi connectivity index (χ4v) is 2.34. The van der Waals surface area contributed by atoms with Crippen LogP contribution in [0.5, 0.6) is 11.5 Å². The van der Waals surface area contributed by atoms with Gasteiger partial charge in [0.1, 0.15) is 6.61 Å². The highest BCUT2D eigenvalue weighted by molar-refractivity contribution is 5.39. The molecule has 1 aliphatic rings. The molecule has 19 heavy (non-hydrogen) atoms. The molecular formula is C15H24N2O2. The van der Waals surface area contributed by atoms with Crippen molar-refractivity contribution in [3.8, 4) is 11.5 Å². The number of piperazine rings is 1. The van der Waals surface area contributed by atoms with Crippen molar-refractivity contribution in [2.24, 2.45) is 0 Å². The Morgan fingerprint density at radius 1 is 1.26 bits per heavy atom. The van der Waals surface area contributed by atoms with Crippen molar-refractivity contribution in [1.29, 1.82) is 0 Å². The average Bonchev–Trinajstić information content (AvgIpc) is 2.41. The van der Waals surface area contributed by atoms with E-state index in [1.165, 1.54) is 0 Å². The van der Waals surface area contributed by atoms with Gasteiger partial charge in [0.15, 0.2) is 11.5 Å². The minimum atomic E-state index is 0.574. The van der Waals surface area contributed by atoms with Crippen LogP contribution in [-0.4, -0.2) is 50.3 Å². The largest absolute Gasteiger partial charge is 0.490 e. The lowest BCUT2D eigenvalue weighted by molar-refractivity contribution is 0.167. The van der Waals surface area contributed by atoms with E-state index < -0.39 is 0 Å². The molecule has 106 valence electrons. The van der Waals surface area contributed by atoms with Gasteiger partial charge in [-0.1, -0.05) is 12.1 Å². The number of para-hydroxylation sites is 2. The van der Waals surface area contributed by atoms with Crippen LogP contribution in [0.15, 0.2) is 24.3 Å². The fourth-order valence-electron chi connectivity index (χ4n) is 2.34. The van der Waals surface area contributed by atoms with E-state index in [1.807, 2.05) is 31.2 Å². The fraction of sp³-hybridized carbons (Fsp3) is 0.600. The van der Waals surface area contributed by atoms with E-state index in [0.29, 0.717) is 19.3 Å². The molecular weight excluding hydrogens is 240 g/mol. The third-order valence-corrected chi connectivity index (χ3v) is 3.27. The maximum absolute atomic E-state index is 5.84. The van der Waals surface area contributed by atoms with Crippen molar-refractivity contribution in [2.45, 2.75) is 19.9 Å². The van der Waals surface area contributed by atoms with Crippen molar-refractivity contribution in [1.82, 2.24) is 10.2 Å². The Morgan fingerprint density at radius 2 is 2.00 bits per heavy atom. The van der Waals surface area contributed by atoms with Crippen LogP contribution in [0.4, 0.5) is 0 Å². The van der Waals surface area contributed by atoms with E-state index in [2.05, 4.69) is 17.1 Å². The number of hydrogen-bond acceptors (Lipinski definition) is 4. The highest BCUT2D eigenvalue weighted by Crippen LogP contribution is 2.26. The van der Waals surface area contributed by atoms with Crippen molar-refractivity contribution in [2.75, 3.05) is 39.4 Å². The SMILES string of the molecule is CCOc1ccccc1OCCN1CCN[C@H](C)C1. The quantitative estimate of drug-likeness (QED) is 0.849. The molecule has 0 spiro atoms. The molecule has 1 aromatic carbocycles. The van der Waals surface area contributed by atoms with E-state index in [0.717, 1.165) is 37.7 Å². The first-order valence-electron chi connectivity index (χ1n) is 7.10. The van der Waals surface area contributed by atoms with Gasteiger partial charge in [-0.15, -0.1) is 0 Å². The third kappa shape index (κ3) is 4.40. The molecule has 1 atom stereocenters. The lowest BCUT2D eigenvalue weighted by Gasteiger charge is -2.31. The van der Waals surface area contributed by atoms with Crippen LogP contribution in [0.25, 0.3) is 0 Å². The number of hydrogen-bond donors (Lipinski definition) is 1. The zero-order valence-corrected chi connectivity index (χ0v) is 11.9. The minimum Gasteiger partial charge on any atom is -0.490 e. The summed E-state index contributed by atoms with van der Waals surface area (Å²) in [6.45, 7) is 9.79. The van der Waals surface area contributed by atoms with E-state index in [1.54, 1.807) is 0 Å². The summed E-state index contributed by atoms with van der Waals surface area (Å²) in [4.78, 5) is 2.43. The van der Waals surface area contributed by atoms with E-state index in [4.69, 9.17) is 9.47 Å². The van der Waals surface area contributed by atoms with Gasteiger partial charge in [0, 0.05) is 32.2 Å². The number of rotatable bonds is 6. The van der Waals surface area contributed by atoms with Crippen LogP contribution >= 0.6 is 0 Å². The minimum absolute atomic E-state index is 0.574. The molecule has 0 radical (unpaired) electrons. The second-order valence-electron chi connectivity index (χ2n) is 4.88. The molecule has 0 aromatic heterocycles. The van der Waals surface area contributed by atoms with Crippen LogP contribution in [0.2, 0.25) is 0 Å². The molecule has 1 saturated heterocycles. The number of nitrogens with zero attached hydrogens (tertiary/aromatic N) is 1. The molecule has 1 aliphatic heterocycles. The molecule has 1 aromatic rings. The monoisotopic (exact) mass is 264 g/mol. The Kier molecular flexibility index (Phi) is 5.48. The van der Waals surface area contributed by atoms with Crippen LogP contribution in [-0.2, 0) is 0 Å². The summed E-state index contributed by atoms with van der Waals surface area (Å²) in [7, 11) is 0. The predicted octanol–water partition coefficient (Wildman–Crippen LogP) is 1.76. The van der Waals surface area contributed by atoms with Gasteiger partial charge in [0.25, 0.3) is 0 Å². The molecule has 1 fully saturated rings. The smallest absolute Gasteiger partial charge is 0.161 e. The molecule has 1 heterocycles. The second kappa shape index (κ2) is 7.36. The Labute approximate surface area is 115 Å². The Balaban J connectivity index is 1.78. The summed E-state index contributed by atoms with van der Waals surface area (Å²) >= 11 is 0. The van der Waals surface area contributed by atoms with Crippen molar-refractivity contribution < 1.29 is 9.47 Å². The predicted molar refractivity (Wildman–Crippen MR) is 77.0 cm³/mol. The highest BCUT2D eigenvalue weighted by Gasteiger charge is 2.15. The zero-order valence-electron chi connectivity index (χ0n) is 11.9. The highest BCUT2D eigenvalue weighted by atomic mass is 16.5. The van der Waals surface area contributed by atoms with E-state index in [9.17, 15) is 0 Å². The molecule has 0 amide bonds. The molecule has 0 saturated carbocycles. The van der Waals surface area contributed by atoms with Gasteiger partial charge in [-0.3, -0.25) is 4.90 Å². The van der Waals surface area contributed by atoms with Gasteiger partial charge < -0.3 is 14.8 Å². The second-order valence-corrected chi connectivity index (χ2v) is 4.88. The standard InChI is InChI=1S/C15H24N2O2/c1-3-18-14-6-4-5-7-15(14)19-11-10-17-9-8-16-13(2)12-17/h4-7,13,16H,3,8-12H2,1-2H3/t13-/m1/s1. The summed E-state index contributed by atoms with van der Waals surface area (Å²) in [5.41, 5.74) is 0. The molecule has 0 bridgehead atoms. The Hall–Kier alpha value is -1.26. The van der Waals surface area contributed by atoms with Gasteiger partial charge in [-0.25, -0.2) is 0 Å². The maximum Gasteiger partial charge on any atom is 0.161 e. The molecule has 1 N–H and O–H groups in total. The number of ether oxygens (including phenoxy) is 2. The maximum atomic E-state index is 5.84.